The van der Waals surface area contributed by atoms with Crippen LogP contribution < -0.4 is 5.32 Å². The standard InChI is InChI=1S/C16H14BrNS/c17-15-8-9-19-16(15)11-18-10-13-6-3-5-12-4-1-2-7-14(12)13/h1-9,18H,10-11H2. The fourth-order valence-corrected chi connectivity index (χ4v) is 3.67. The largest absolute Gasteiger partial charge is 0.308 e. The summed E-state index contributed by atoms with van der Waals surface area (Å²) in [6, 6.07) is 17.1. The van der Waals surface area contributed by atoms with Crippen molar-refractivity contribution in [2.45, 2.75) is 13.1 Å². The van der Waals surface area contributed by atoms with Crippen molar-refractivity contribution in [1.29, 1.82) is 0 Å². The van der Waals surface area contributed by atoms with E-state index < -0.39 is 0 Å². The Morgan fingerprint density at radius 2 is 1.79 bits per heavy atom. The molecule has 96 valence electrons. The number of hydrogen-bond acceptors (Lipinski definition) is 2. The van der Waals surface area contributed by atoms with Crippen molar-refractivity contribution in [3.05, 3.63) is 68.8 Å². The van der Waals surface area contributed by atoms with Crippen LogP contribution in [0, 0.1) is 0 Å². The van der Waals surface area contributed by atoms with Gasteiger partial charge in [-0.1, -0.05) is 42.5 Å². The number of hydrogen-bond donors (Lipinski definition) is 1. The van der Waals surface area contributed by atoms with E-state index in [1.54, 1.807) is 11.3 Å². The average molecular weight is 332 g/mol. The van der Waals surface area contributed by atoms with Gasteiger partial charge < -0.3 is 5.32 Å². The van der Waals surface area contributed by atoms with Crippen LogP contribution in [0.25, 0.3) is 10.8 Å². The molecule has 0 aliphatic carbocycles. The van der Waals surface area contributed by atoms with Crippen LogP contribution in [0.5, 0.6) is 0 Å². The highest BCUT2D eigenvalue weighted by Crippen LogP contribution is 2.23. The van der Waals surface area contributed by atoms with Crippen LogP contribution in [0.2, 0.25) is 0 Å². The van der Waals surface area contributed by atoms with E-state index in [2.05, 4.69) is 75.2 Å². The van der Waals surface area contributed by atoms with Crippen molar-refractivity contribution in [3.8, 4) is 0 Å². The molecule has 1 aromatic heterocycles. The maximum atomic E-state index is 3.56. The second-order valence-electron chi connectivity index (χ2n) is 4.43. The minimum Gasteiger partial charge on any atom is -0.308 e. The molecule has 0 aliphatic rings. The molecule has 0 aliphatic heterocycles. The van der Waals surface area contributed by atoms with Gasteiger partial charge in [0.05, 0.1) is 0 Å². The first-order valence-electron chi connectivity index (χ1n) is 6.24. The van der Waals surface area contributed by atoms with E-state index >= 15 is 0 Å². The maximum Gasteiger partial charge on any atom is 0.0327 e. The van der Waals surface area contributed by atoms with Gasteiger partial charge >= 0.3 is 0 Å². The summed E-state index contributed by atoms with van der Waals surface area (Å²) in [5.74, 6) is 0. The molecular formula is C16H14BrNS. The molecule has 0 amide bonds. The predicted octanol–water partition coefficient (Wildman–Crippen LogP) is 4.95. The maximum absolute atomic E-state index is 3.56. The van der Waals surface area contributed by atoms with Crippen molar-refractivity contribution >= 4 is 38.0 Å². The van der Waals surface area contributed by atoms with Crippen LogP contribution in [0.3, 0.4) is 0 Å². The van der Waals surface area contributed by atoms with Crippen LogP contribution >= 0.6 is 27.3 Å². The van der Waals surface area contributed by atoms with Gasteiger partial charge in [0.25, 0.3) is 0 Å². The predicted molar refractivity (Wildman–Crippen MR) is 86.5 cm³/mol. The van der Waals surface area contributed by atoms with Crippen LogP contribution in [0.15, 0.2) is 58.4 Å². The third-order valence-electron chi connectivity index (χ3n) is 3.17. The molecule has 0 bridgehead atoms. The van der Waals surface area contributed by atoms with Gasteiger partial charge in [0.2, 0.25) is 0 Å². The van der Waals surface area contributed by atoms with E-state index in [0.717, 1.165) is 13.1 Å². The summed E-state index contributed by atoms with van der Waals surface area (Å²) in [4.78, 5) is 1.35. The molecule has 3 heteroatoms. The zero-order chi connectivity index (χ0) is 13.1. The quantitative estimate of drug-likeness (QED) is 0.712. The van der Waals surface area contributed by atoms with Gasteiger partial charge in [-0.15, -0.1) is 11.3 Å². The van der Waals surface area contributed by atoms with Gasteiger partial charge in [-0.05, 0) is 43.7 Å². The minimum absolute atomic E-state index is 0.895. The Kier molecular flexibility index (Phi) is 3.97. The molecule has 3 aromatic rings. The molecule has 0 saturated carbocycles. The van der Waals surface area contributed by atoms with E-state index in [0.29, 0.717) is 0 Å². The third kappa shape index (κ3) is 2.89. The Bertz CT molecular complexity index is 685. The zero-order valence-corrected chi connectivity index (χ0v) is 12.8. The normalized spacial score (nSPS) is 11.0. The minimum atomic E-state index is 0.895. The second-order valence-corrected chi connectivity index (χ2v) is 6.29. The highest BCUT2D eigenvalue weighted by Gasteiger charge is 2.02. The molecule has 0 saturated heterocycles. The highest BCUT2D eigenvalue weighted by atomic mass is 79.9. The number of thiophene rings is 1. The molecule has 0 fully saturated rings. The molecule has 0 atom stereocenters. The molecule has 3 rings (SSSR count). The first-order valence-corrected chi connectivity index (χ1v) is 7.91. The fraction of sp³-hybridized carbons (Fsp3) is 0.125. The summed E-state index contributed by atoms with van der Waals surface area (Å²) >= 11 is 5.34. The first kappa shape index (κ1) is 12.9. The molecule has 0 unspecified atom stereocenters. The number of halogens is 1. The van der Waals surface area contributed by atoms with Crippen molar-refractivity contribution in [1.82, 2.24) is 5.32 Å². The fourth-order valence-electron chi connectivity index (χ4n) is 2.21. The number of benzene rings is 2. The SMILES string of the molecule is Brc1ccsc1CNCc1cccc2ccccc12. The van der Waals surface area contributed by atoms with Gasteiger partial charge in [0, 0.05) is 22.4 Å². The summed E-state index contributed by atoms with van der Waals surface area (Å²) in [5.41, 5.74) is 1.35. The van der Waals surface area contributed by atoms with E-state index in [9.17, 15) is 0 Å². The van der Waals surface area contributed by atoms with Gasteiger partial charge in [-0.3, -0.25) is 0 Å². The molecule has 0 spiro atoms. The molecule has 1 nitrogen and oxygen atoms in total. The lowest BCUT2D eigenvalue weighted by atomic mass is 10.0. The van der Waals surface area contributed by atoms with Crippen molar-refractivity contribution in [2.75, 3.05) is 0 Å². The molecule has 19 heavy (non-hydrogen) atoms. The van der Waals surface area contributed by atoms with E-state index in [-0.39, 0.29) is 0 Å². The van der Waals surface area contributed by atoms with Gasteiger partial charge in [0.1, 0.15) is 0 Å². The average Bonchev–Trinajstić information content (AvgIpc) is 2.85. The van der Waals surface area contributed by atoms with Crippen molar-refractivity contribution in [3.63, 3.8) is 0 Å². The topological polar surface area (TPSA) is 12.0 Å². The van der Waals surface area contributed by atoms with Crippen LogP contribution in [0.1, 0.15) is 10.4 Å². The smallest absolute Gasteiger partial charge is 0.0327 e. The Hall–Kier alpha value is -1.16. The zero-order valence-electron chi connectivity index (χ0n) is 10.4. The van der Waals surface area contributed by atoms with Gasteiger partial charge in [0.15, 0.2) is 0 Å². The Labute approximate surface area is 125 Å². The van der Waals surface area contributed by atoms with Crippen molar-refractivity contribution in [2.24, 2.45) is 0 Å². The van der Waals surface area contributed by atoms with Crippen LogP contribution in [-0.4, -0.2) is 0 Å². The van der Waals surface area contributed by atoms with E-state index in [4.69, 9.17) is 0 Å². The number of rotatable bonds is 4. The Morgan fingerprint density at radius 3 is 2.63 bits per heavy atom. The van der Waals surface area contributed by atoms with Gasteiger partial charge in [-0.25, -0.2) is 0 Å². The van der Waals surface area contributed by atoms with Crippen LogP contribution in [0.4, 0.5) is 0 Å². The van der Waals surface area contributed by atoms with Crippen LogP contribution in [-0.2, 0) is 13.1 Å². The second kappa shape index (κ2) is 5.87. The lowest BCUT2D eigenvalue weighted by Crippen LogP contribution is -2.12. The van der Waals surface area contributed by atoms with E-state index in [1.165, 1.54) is 25.7 Å². The summed E-state index contributed by atoms with van der Waals surface area (Å²) in [5, 5.41) is 8.27. The molecule has 1 heterocycles. The Balaban J connectivity index is 1.74. The molecule has 2 aromatic carbocycles. The number of fused-ring (bicyclic) bond motifs is 1. The summed E-state index contributed by atoms with van der Waals surface area (Å²) in [7, 11) is 0. The molecule has 0 radical (unpaired) electrons. The van der Waals surface area contributed by atoms with E-state index in [1.807, 2.05) is 0 Å². The summed E-state index contributed by atoms with van der Waals surface area (Å²) < 4.78 is 1.20. The monoisotopic (exact) mass is 331 g/mol. The third-order valence-corrected chi connectivity index (χ3v) is 5.10. The van der Waals surface area contributed by atoms with Gasteiger partial charge in [-0.2, -0.15) is 0 Å². The molecular weight excluding hydrogens is 318 g/mol. The van der Waals surface area contributed by atoms with Crippen molar-refractivity contribution < 1.29 is 0 Å². The Morgan fingerprint density at radius 1 is 0.947 bits per heavy atom. The number of nitrogens with one attached hydrogen (secondary N) is 1. The summed E-state index contributed by atoms with van der Waals surface area (Å²) in [6.45, 7) is 1.80. The highest BCUT2D eigenvalue weighted by molar-refractivity contribution is 9.10. The summed E-state index contributed by atoms with van der Waals surface area (Å²) in [6.07, 6.45) is 0. The lowest BCUT2D eigenvalue weighted by molar-refractivity contribution is 0.703. The molecule has 1 N–H and O–H groups in total. The first-order chi connectivity index (χ1) is 9.34. The lowest BCUT2D eigenvalue weighted by Gasteiger charge is -2.08.